The van der Waals surface area contributed by atoms with Gasteiger partial charge in [0.05, 0.1) is 5.75 Å². The van der Waals surface area contributed by atoms with Crippen LogP contribution in [0.4, 0.5) is 5.69 Å². The number of rotatable bonds is 5. The van der Waals surface area contributed by atoms with Gasteiger partial charge in [-0.25, -0.2) is 12.7 Å². The minimum absolute atomic E-state index is 0.00514. The molecular formula is C16H24N2O3S. The monoisotopic (exact) mass is 324 g/mol. The standard InChI is InChI=1S/C16H24N2O3S/c1-3-13-7-5-6-8-15(13)17-16(19)14-9-11-18(12-10-14)22(20,21)4-2/h5-8,14H,3-4,9-12H2,1-2H3,(H,17,19). The van der Waals surface area contributed by atoms with Crippen molar-refractivity contribution in [2.24, 2.45) is 5.92 Å². The molecule has 0 aliphatic carbocycles. The van der Waals surface area contributed by atoms with Gasteiger partial charge < -0.3 is 5.32 Å². The van der Waals surface area contributed by atoms with Gasteiger partial charge in [0.2, 0.25) is 15.9 Å². The molecule has 1 fully saturated rings. The predicted molar refractivity (Wildman–Crippen MR) is 88.2 cm³/mol. The number of anilines is 1. The molecule has 0 bridgehead atoms. The van der Waals surface area contributed by atoms with Gasteiger partial charge >= 0.3 is 0 Å². The second-order valence-electron chi connectivity index (χ2n) is 5.57. The Kier molecular flexibility index (Phi) is 5.58. The Balaban J connectivity index is 1.96. The first-order chi connectivity index (χ1) is 10.5. The van der Waals surface area contributed by atoms with Crippen LogP contribution in [0.25, 0.3) is 0 Å². The quantitative estimate of drug-likeness (QED) is 0.903. The molecule has 1 saturated heterocycles. The molecule has 1 aromatic rings. The van der Waals surface area contributed by atoms with Crippen molar-refractivity contribution >= 4 is 21.6 Å². The number of nitrogens with zero attached hydrogens (tertiary/aromatic N) is 1. The van der Waals surface area contributed by atoms with Crippen molar-refractivity contribution in [2.45, 2.75) is 33.1 Å². The lowest BCUT2D eigenvalue weighted by atomic mass is 9.97. The van der Waals surface area contributed by atoms with Crippen LogP contribution in [-0.2, 0) is 21.2 Å². The fraction of sp³-hybridized carbons (Fsp3) is 0.562. The Morgan fingerprint density at radius 1 is 1.23 bits per heavy atom. The molecule has 5 nitrogen and oxygen atoms in total. The van der Waals surface area contributed by atoms with E-state index in [-0.39, 0.29) is 17.6 Å². The van der Waals surface area contributed by atoms with Gasteiger partial charge in [0.15, 0.2) is 0 Å². The van der Waals surface area contributed by atoms with Crippen LogP contribution in [0.5, 0.6) is 0 Å². The first-order valence-corrected chi connectivity index (χ1v) is 9.45. The number of nitrogens with one attached hydrogen (secondary N) is 1. The summed E-state index contributed by atoms with van der Waals surface area (Å²) in [6.07, 6.45) is 2.03. The molecule has 1 aliphatic rings. The molecule has 1 aliphatic heterocycles. The van der Waals surface area contributed by atoms with E-state index in [1.165, 1.54) is 4.31 Å². The molecule has 22 heavy (non-hydrogen) atoms. The summed E-state index contributed by atoms with van der Waals surface area (Å²) in [7, 11) is -3.14. The summed E-state index contributed by atoms with van der Waals surface area (Å²) in [5.74, 6) is -0.00374. The number of sulfonamides is 1. The fourth-order valence-corrected chi connectivity index (χ4v) is 3.90. The Morgan fingerprint density at radius 3 is 2.45 bits per heavy atom. The lowest BCUT2D eigenvalue weighted by molar-refractivity contribution is -0.120. The lowest BCUT2D eigenvalue weighted by Crippen LogP contribution is -2.42. The summed E-state index contributed by atoms with van der Waals surface area (Å²) in [5.41, 5.74) is 1.97. The highest BCUT2D eigenvalue weighted by molar-refractivity contribution is 7.89. The van der Waals surface area contributed by atoms with Crippen molar-refractivity contribution in [1.29, 1.82) is 0 Å². The van der Waals surface area contributed by atoms with Gasteiger partial charge in [0, 0.05) is 24.7 Å². The van der Waals surface area contributed by atoms with E-state index in [1.807, 2.05) is 24.3 Å². The third-order valence-electron chi connectivity index (χ3n) is 4.24. The van der Waals surface area contributed by atoms with Gasteiger partial charge in [0.25, 0.3) is 0 Å². The number of carbonyl (C=O) groups is 1. The van der Waals surface area contributed by atoms with Gasteiger partial charge in [-0.3, -0.25) is 4.79 Å². The van der Waals surface area contributed by atoms with Crippen LogP contribution in [0.2, 0.25) is 0 Å². The van der Waals surface area contributed by atoms with Gasteiger partial charge in [0.1, 0.15) is 0 Å². The van der Waals surface area contributed by atoms with Crippen molar-refractivity contribution in [3.8, 4) is 0 Å². The number of aryl methyl sites for hydroxylation is 1. The third kappa shape index (κ3) is 3.87. The van der Waals surface area contributed by atoms with Crippen LogP contribution in [-0.4, -0.2) is 37.5 Å². The number of para-hydroxylation sites is 1. The number of piperidine rings is 1. The molecule has 122 valence electrons. The van der Waals surface area contributed by atoms with Gasteiger partial charge in [-0.2, -0.15) is 0 Å². The number of hydrogen-bond acceptors (Lipinski definition) is 3. The summed E-state index contributed by atoms with van der Waals surface area (Å²) in [4.78, 5) is 12.4. The summed E-state index contributed by atoms with van der Waals surface area (Å²) in [5, 5.41) is 2.99. The zero-order chi connectivity index (χ0) is 16.2. The second kappa shape index (κ2) is 7.24. The highest BCUT2D eigenvalue weighted by Gasteiger charge is 2.30. The number of carbonyl (C=O) groups excluding carboxylic acids is 1. The van der Waals surface area contributed by atoms with E-state index in [1.54, 1.807) is 6.92 Å². The molecule has 0 saturated carbocycles. The predicted octanol–water partition coefficient (Wildman–Crippen LogP) is 2.25. The van der Waals surface area contributed by atoms with Crippen LogP contribution < -0.4 is 5.32 Å². The second-order valence-corrected chi connectivity index (χ2v) is 7.83. The first-order valence-electron chi connectivity index (χ1n) is 7.84. The maximum Gasteiger partial charge on any atom is 0.227 e. The Bertz CT molecular complexity index is 620. The molecule has 0 atom stereocenters. The van der Waals surface area contributed by atoms with Gasteiger partial charge in [-0.1, -0.05) is 25.1 Å². The fourth-order valence-electron chi connectivity index (χ4n) is 2.76. The SMILES string of the molecule is CCc1ccccc1NC(=O)C1CCN(S(=O)(=O)CC)CC1. The third-order valence-corrected chi connectivity index (χ3v) is 6.12. The lowest BCUT2D eigenvalue weighted by Gasteiger charge is -2.30. The largest absolute Gasteiger partial charge is 0.326 e. The number of benzene rings is 1. The molecule has 1 aromatic carbocycles. The van der Waals surface area contributed by atoms with Gasteiger partial charge in [-0.15, -0.1) is 0 Å². The minimum atomic E-state index is -3.14. The molecule has 1 N–H and O–H groups in total. The van der Waals surface area contributed by atoms with Crippen molar-refractivity contribution in [2.75, 3.05) is 24.2 Å². The van der Waals surface area contributed by atoms with Gasteiger partial charge in [-0.05, 0) is 37.8 Å². The van der Waals surface area contributed by atoms with E-state index in [0.29, 0.717) is 25.9 Å². The summed E-state index contributed by atoms with van der Waals surface area (Å²) >= 11 is 0. The molecule has 6 heteroatoms. The van der Waals surface area contributed by atoms with E-state index in [0.717, 1.165) is 17.7 Å². The molecule has 2 rings (SSSR count). The van der Waals surface area contributed by atoms with E-state index in [9.17, 15) is 13.2 Å². The molecule has 0 aromatic heterocycles. The molecular weight excluding hydrogens is 300 g/mol. The topological polar surface area (TPSA) is 66.5 Å². The van der Waals surface area contributed by atoms with Crippen LogP contribution in [0, 0.1) is 5.92 Å². The number of amides is 1. The molecule has 1 heterocycles. The normalized spacial score (nSPS) is 17.4. The highest BCUT2D eigenvalue weighted by atomic mass is 32.2. The summed E-state index contributed by atoms with van der Waals surface area (Å²) in [6, 6.07) is 7.78. The van der Waals surface area contributed by atoms with E-state index in [2.05, 4.69) is 12.2 Å². The maximum absolute atomic E-state index is 12.4. The zero-order valence-electron chi connectivity index (χ0n) is 13.2. The van der Waals surface area contributed by atoms with E-state index >= 15 is 0 Å². The van der Waals surface area contributed by atoms with Crippen molar-refractivity contribution < 1.29 is 13.2 Å². The van der Waals surface area contributed by atoms with Crippen LogP contribution >= 0.6 is 0 Å². The Hall–Kier alpha value is -1.40. The van der Waals surface area contributed by atoms with Crippen LogP contribution in [0.15, 0.2) is 24.3 Å². The highest BCUT2D eigenvalue weighted by Crippen LogP contribution is 2.23. The maximum atomic E-state index is 12.4. The summed E-state index contributed by atoms with van der Waals surface area (Å²) < 4.78 is 25.2. The molecule has 0 radical (unpaired) electrons. The Morgan fingerprint density at radius 2 is 1.86 bits per heavy atom. The van der Waals surface area contributed by atoms with Crippen molar-refractivity contribution in [1.82, 2.24) is 4.31 Å². The van der Waals surface area contributed by atoms with E-state index in [4.69, 9.17) is 0 Å². The molecule has 0 spiro atoms. The van der Waals surface area contributed by atoms with Crippen molar-refractivity contribution in [3.63, 3.8) is 0 Å². The smallest absolute Gasteiger partial charge is 0.227 e. The molecule has 1 amide bonds. The summed E-state index contributed by atoms with van der Waals surface area (Å²) in [6.45, 7) is 4.57. The van der Waals surface area contributed by atoms with Crippen LogP contribution in [0.3, 0.4) is 0 Å². The average Bonchev–Trinajstić information content (AvgIpc) is 2.55. The Labute approximate surface area is 132 Å². The van der Waals surface area contributed by atoms with Crippen LogP contribution in [0.1, 0.15) is 32.3 Å². The first kappa shape index (κ1) is 17.0. The number of hydrogen-bond donors (Lipinski definition) is 1. The van der Waals surface area contributed by atoms with Crippen molar-refractivity contribution in [3.05, 3.63) is 29.8 Å². The minimum Gasteiger partial charge on any atom is -0.326 e. The van der Waals surface area contributed by atoms with E-state index < -0.39 is 10.0 Å². The zero-order valence-corrected chi connectivity index (χ0v) is 14.0. The average molecular weight is 324 g/mol. The molecule has 0 unspecified atom stereocenters.